The van der Waals surface area contributed by atoms with Crippen LogP contribution in [0.5, 0.6) is 0 Å². The van der Waals surface area contributed by atoms with Crippen molar-refractivity contribution in [2.75, 3.05) is 0 Å². The number of esters is 1. The highest BCUT2D eigenvalue weighted by atomic mass is 35.5. The zero-order valence-corrected chi connectivity index (χ0v) is 16.6. The van der Waals surface area contributed by atoms with Gasteiger partial charge in [-0.15, -0.1) is 0 Å². The van der Waals surface area contributed by atoms with Gasteiger partial charge < -0.3 is 9.64 Å². The van der Waals surface area contributed by atoms with Gasteiger partial charge in [-0.3, -0.25) is 9.59 Å². The average Bonchev–Trinajstić information content (AvgIpc) is 2.72. The molecule has 0 bridgehead atoms. The number of hydrogen-bond donors (Lipinski definition) is 0. The molecule has 1 atom stereocenters. The van der Waals surface area contributed by atoms with Crippen LogP contribution in [0.25, 0.3) is 17.0 Å². The number of benzene rings is 2. The van der Waals surface area contributed by atoms with Crippen LogP contribution in [0.1, 0.15) is 36.1 Å². The monoisotopic (exact) mass is 406 g/mol. The minimum Gasteiger partial charge on any atom is -0.461 e. The van der Waals surface area contributed by atoms with Gasteiger partial charge in [0, 0.05) is 24.1 Å². The average molecular weight is 407 g/mol. The number of para-hydroxylation sites is 1. The summed E-state index contributed by atoms with van der Waals surface area (Å²) < 4.78 is 5.48. The van der Waals surface area contributed by atoms with Crippen molar-refractivity contribution >= 4 is 40.5 Å². The number of pyridine rings is 1. The molecular formula is C23H19ClN2O3. The maximum Gasteiger partial charge on any atom is 0.308 e. The number of hydrogen-bond acceptors (Lipinski definition) is 4. The molecular weight excluding hydrogens is 388 g/mol. The molecule has 5 nitrogen and oxygen atoms in total. The van der Waals surface area contributed by atoms with E-state index in [9.17, 15) is 9.59 Å². The van der Waals surface area contributed by atoms with E-state index >= 15 is 0 Å². The summed E-state index contributed by atoms with van der Waals surface area (Å²) in [4.78, 5) is 30.5. The van der Waals surface area contributed by atoms with Crippen LogP contribution in [-0.4, -0.2) is 21.8 Å². The number of halogens is 1. The van der Waals surface area contributed by atoms with Crippen LogP contribution in [0.4, 0.5) is 0 Å². The second kappa shape index (κ2) is 8.05. The summed E-state index contributed by atoms with van der Waals surface area (Å²) in [5.74, 6) is -0.536. The van der Waals surface area contributed by atoms with E-state index in [2.05, 4.69) is 4.98 Å². The van der Waals surface area contributed by atoms with Gasteiger partial charge in [0.1, 0.15) is 11.8 Å². The van der Waals surface area contributed by atoms with Gasteiger partial charge in [-0.2, -0.15) is 0 Å². The third-order valence-corrected chi connectivity index (χ3v) is 5.30. The minimum atomic E-state index is -0.407. The normalized spacial score (nSPS) is 15.2. The Hall–Kier alpha value is -3.18. The van der Waals surface area contributed by atoms with E-state index in [1.54, 1.807) is 11.1 Å². The number of carbonyl (C=O) groups is 2. The van der Waals surface area contributed by atoms with E-state index in [1.165, 1.54) is 6.92 Å². The van der Waals surface area contributed by atoms with Crippen LogP contribution in [0.2, 0.25) is 5.15 Å². The predicted octanol–water partition coefficient (Wildman–Crippen LogP) is 4.90. The molecule has 0 spiro atoms. The number of carbonyl (C=O) groups excluding carboxylic acids is 2. The highest BCUT2D eigenvalue weighted by Gasteiger charge is 2.28. The van der Waals surface area contributed by atoms with Gasteiger partial charge in [-0.25, -0.2) is 4.98 Å². The molecule has 1 amide bonds. The van der Waals surface area contributed by atoms with Crippen LogP contribution in [0.3, 0.4) is 0 Å². The Bertz CT molecular complexity index is 1130. The van der Waals surface area contributed by atoms with E-state index in [0.717, 1.165) is 22.0 Å². The van der Waals surface area contributed by atoms with E-state index in [0.29, 0.717) is 10.7 Å². The topological polar surface area (TPSA) is 59.5 Å². The summed E-state index contributed by atoms with van der Waals surface area (Å²) >= 11 is 6.25. The Morgan fingerprint density at radius 1 is 1.14 bits per heavy atom. The lowest BCUT2D eigenvalue weighted by Crippen LogP contribution is -2.32. The Kier molecular flexibility index (Phi) is 5.32. The van der Waals surface area contributed by atoms with Gasteiger partial charge >= 0.3 is 5.97 Å². The molecule has 146 valence electrons. The first-order chi connectivity index (χ1) is 14.0. The predicted molar refractivity (Wildman–Crippen MR) is 112 cm³/mol. The smallest absolute Gasteiger partial charge is 0.308 e. The molecule has 0 fully saturated rings. The van der Waals surface area contributed by atoms with Gasteiger partial charge in [0.25, 0.3) is 0 Å². The van der Waals surface area contributed by atoms with E-state index in [-0.39, 0.29) is 18.9 Å². The molecule has 0 saturated heterocycles. The number of ether oxygens (including phenoxy) is 1. The molecule has 1 aliphatic rings. The number of fused-ring (bicyclic) bond motifs is 2. The first kappa shape index (κ1) is 19.2. The molecule has 6 heteroatoms. The lowest BCUT2D eigenvalue weighted by atomic mass is 9.94. The number of aromatic nitrogens is 1. The summed E-state index contributed by atoms with van der Waals surface area (Å²) in [5.41, 5.74) is 3.35. The molecule has 2 heterocycles. The SMILES string of the molecule is CC(=O)N1C=Cc2ccccc2[C@@H]1CC(=O)OCc1cc2ccccc2nc1Cl. The molecule has 4 rings (SSSR count). The molecule has 2 aromatic carbocycles. The molecule has 0 saturated carbocycles. The van der Waals surface area contributed by atoms with Gasteiger partial charge in [0.05, 0.1) is 18.0 Å². The highest BCUT2D eigenvalue weighted by Crippen LogP contribution is 2.33. The summed E-state index contributed by atoms with van der Waals surface area (Å²) in [6.45, 7) is 1.51. The van der Waals surface area contributed by atoms with Crippen LogP contribution in [0, 0.1) is 0 Å². The zero-order valence-electron chi connectivity index (χ0n) is 15.8. The molecule has 0 N–H and O–H groups in total. The van der Waals surface area contributed by atoms with E-state index in [1.807, 2.05) is 60.7 Å². The fourth-order valence-electron chi connectivity index (χ4n) is 3.53. The third kappa shape index (κ3) is 4.00. The van der Waals surface area contributed by atoms with Gasteiger partial charge in [-0.1, -0.05) is 54.1 Å². The Morgan fingerprint density at radius 2 is 1.90 bits per heavy atom. The molecule has 0 radical (unpaired) electrons. The lowest BCUT2D eigenvalue weighted by molar-refractivity contribution is -0.146. The number of rotatable bonds is 4. The quantitative estimate of drug-likeness (QED) is 0.457. The Balaban J connectivity index is 1.50. The number of nitrogens with zero attached hydrogens (tertiary/aromatic N) is 2. The summed E-state index contributed by atoms with van der Waals surface area (Å²) in [6.07, 6.45) is 3.64. The fourth-order valence-corrected chi connectivity index (χ4v) is 3.73. The maximum absolute atomic E-state index is 12.6. The molecule has 1 aromatic heterocycles. The standard InChI is InChI=1S/C23H19ClN2O3/c1-15(27)26-11-10-16-6-2-4-8-19(16)21(26)13-22(28)29-14-18-12-17-7-3-5-9-20(17)25-23(18)24/h2-12,21H,13-14H2,1H3/t21-/m0/s1. The van der Waals surface area contributed by atoms with Crippen molar-refractivity contribution in [1.29, 1.82) is 0 Å². The van der Waals surface area contributed by atoms with Crippen molar-refractivity contribution < 1.29 is 14.3 Å². The van der Waals surface area contributed by atoms with Crippen molar-refractivity contribution in [3.05, 3.63) is 82.6 Å². The van der Waals surface area contributed by atoms with Crippen molar-refractivity contribution in [3.8, 4) is 0 Å². The highest BCUT2D eigenvalue weighted by molar-refractivity contribution is 6.30. The molecule has 29 heavy (non-hydrogen) atoms. The van der Waals surface area contributed by atoms with Crippen molar-refractivity contribution in [2.24, 2.45) is 0 Å². The first-order valence-corrected chi connectivity index (χ1v) is 9.66. The second-order valence-electron chi connectivity index (χ2n) is 6.88. The molecule has 3 aromatic rings. The van der Waals surface area contributed by atoms with E-state index in [4.69, 9.17) is 16.3 Å². The van der Waals surface area contributed by atoms with Crippen LogP contribution in [-0.2, 0) is 20.9 Å². The van der Waals surface area contributed by atoms with Gasteiger partial charge in [0.15, 0.2) is 0 Å². The Morgan fingerprint density at radius 3 is 2.72 bits per heavy atom. The molecule has 0 unspecified atom stereocenters. The summed E-state index contributed by atoms with van der Waals surface area (Å²) in [5, 5.41) is 1.24. The fraction of sp³-hybridized carbons (Fsp3) is 0.174. The minimum absolute atomic E-state index is 0.0276. The largest absolute Gasteiger partial charge is 0.461 e. The summed E-state index contributed by atoms with van der Waals surface area (Å²) in [6, 6.07) is 16.8. The van der Waals surface area contributed by atoms with Crippen LogP contribution in [0.15, 0.2) is 60.8 Å². The first-order valence-electron chi connectivity index (χ1n) is 9.29. The van der Waals surface area contributed by atoms with Crippen LogP contribution < -0.4 is 0 Å². The second-order valence-corrected chi connectivity index (χ2v) is 7.24. The summed E-state index contributed by atoms with van der Waals surface area (Å²) in [7, 11) is 0. The van der Waals surface area contributed by atoms with Crippen molar-refractivity contribution in [3.63, 3.8) is 0 Å². The molecule has 1 aliphatic heterocycles. The lowest BCUT2D eigenvalue weighted by Gasteiger charge is -2.32. The van der Waals surface area contributed by atoms with Crippen LogP contribution >= 0.6 is 11.6 Å². The van der Waals surface area contributed by atoms with Crippen molar-refractivity contribution in [1.82, 2.24) is 9.88 Å². The maximum atomic E-state index is 12.6. The van der Waals surface area contributed by atoms with Crippen molar-refractivity contribution in [2.45, 2.75) is 26.0 Å². The van der Waals surface area contributed by atoms with Gasteiger partial charge in [0.2, 0.25) is 5.91 Å². The number of amides is 1. The third-order valence-electron chi connectivity index (χ3n) is 4.97. The van der Waals surface area contributed by atoms with E-state index < -0.39 is 12.0 Å². The molecule has 0 aliphatic carbocycles. The Labute approximate surface area is 173 Å². The van der Waals surface area contributed by atoms with Gasteiger partial charge in [-0.05, 0) is 29.3 Å². The zero-order chi connectivity index (χ0) is 20.4.